The van der Waals surface area contributed by atoms with Gasteiger partial charge >= 0.3 is 0 Å². The molecule has 0 spiro atoms. The van der Waals surface area contributed by atoms with Crippen molar-refractivity contribution in [1.29, 1.82) is 0 Å². The Morgan fingerprint density at radius 2 is 2.17 bits per heavy atom. The van der Waals surface area contributed by atoms with Crippen LogP contribution in [0.4, 0.5) is 5.69 Å². The summed E-state index contributed by atoms with van der Waals surface area (Å²) >= 11 is 0. The van der Waals surface area contributed by atoms with Gasteiger partial charge in [0.2, 0.25) is 0 Å². The van der Waals surface area contributed by atoms with Crippen molar-refractivity contribution in [2.45, 2.75) is 25.8 Å². The molecular formula is C13H19NO3S. The van der Waals surface area contributed by atoms with Gasteiger partial charge in [-0.25, -0.2) is 8.42 Å². The van der Waals surface area contributed by atoms with Crippen molar-refractivity contribution in [1.82, 2.24) is 0 Å². The summed E-state index contributed by atoms with van der Waals surface area (Å²) in [5.74, 6) is 1.29. The zero-order valence-electron chi connectivity index (χ0n) is 10.8. The highest BCUT2D eigenvalue weighted by Crippen LogP contribution is 2.27. The average molecular weight is 269 g/mol. The lowest BCUT2D eigenvalue weighted by molar-refractivity contribution is 0.415. The molecule has 1 aliphatic rings. The molecule has 1 unspecified atom stereocenters. The standard InChI is InChI=1S/C13H19NO3S/c1-10-5-6-12(13(8-10)17-2)14-11-4-3-7-18(15,16)9-11/h5-6,8,11,14H,3-4,7,9H2,1-2H3. The Morgan fingerprint density at radius 1 is 1.39 bits per heavy atom. The Balaban J connectivity index is 2.14. The summed E-state index contributed by atoms with van der Waals surface area (Å²) in [7, 11) is -1.26. The van der Waals surface area contributed by atoms with Crippen LogP contribution in [0.15, 0.2) is 18.2 Å². The lowest BCUT2D eigenvalue weighted by atomic mass is 10.1. The molecule has 0 aromatic heterocycles. The van der Waals surface area contributed by atoms with E-state index in [1.54, 1.807) is 7.11 Å². The maximum absolute atomic E-state index is 11.6. The Labute approximate surface area is 108 Å². The second kappa shape index (κ2) is 5.18. The zero-order chi connectivity index (χ0) is 13.2. The molecule has 0 amide bonds. The molecule has 1 saturated heterocycles. The number of hydrogen-bond donors (Lipinski definition) is 1. The van der Waals surface area contributed by atoms with E-state index in [0.717, 1.165) is 29.8 Å². The van der Waals surface area contributed by atoms with Crippen LogP contribution in [-0.2, 0) is 9.84 Å². The van der Waals surface area contributed by atoms with E-state index in [1.165, 1.54) is 0 Å². The normalized spacial score (nSPS) is 22.4. The minimum atomic E-state index is -2.88. The van der Waals surface area contributed by atoms with Gasteiger partial charge in [-0.1, -0.05) is 6.07 Å². The largest absolute Gasteiger partial charge is 0.495 e. The van der Waals surface area contributed by atoms with Gasteiger partial charge in [-0.2, -0.15) is 0 Å². The van der Waals surface area contributed by atoms with E-state index in [2.05, 4.69) is 5.32 Å². The van der Waals surface area contributed by atoms with Crippen molar-refractivity contribution < 1.29 is 13.2 Å². The number of nitrogens with one attached hydrogen (secondary N) is 1. The number of ether oxygens (including phenoxy) is 1. The first kappa shape index (κ1) is 13.2. The van der Waals surface area contributed by atoms with Crippen LogP contribution in [-0.4, -0.2) is 33.1 Å². The highest BCUT2D eigenvalue weighted by atomic mass is 32.2. The van der Waals surface area contributed by atoms with Crippen LogP contribution in [0, 0.1) is 6.92 Å². The Kier molecular flexibility index (Phi) is 3.80. The van der Waals surface area contributed by atoms with Gasteiger partial charge in [0.25, 0.3) is 0 Å². The van der Waals surface area contributed by atoms with Crippen LogP contribution >= 0.6 is 0 Å². The lowest BCUT2D eigenvalue weighted by Crippen LogP contribution is -2.34. The minimum absolute atomic E-state index is 0.0136. The predicted octanol–water partition coefficient (Wildman–Crippen LogP) is 1.99. The highest BCUT2D eigenvalue weighted by Gasteiger charge is 2.25. The fraction of sp³-hybridized carbons (Fsp3) is 0.538. The molecule has 2 rings (SSSR count). The van der Waals surface area contributed by atoms with Crippen LogP contribution < -0.4 is 10.1 Å². The SMILES string of the molecule is COc1cc(C)ccc1NC1CCCS(=O)(=O)C1. The maximum atomic E-state index is 11.6. The van der Waals surface area contributed by atoms with E-state index >= 15 is 0 Å². The average Bonchev–Trinajstić information content (AvgIpc) is 2.30. The summed E-state index contributed by atoms with van der Waals surface area (Å²) in [6.07, 6.45) is 1.62. The third kappa shape index (κ3) is 3.16. The first-order chi connectivity index (χ1) is 8.50. The van der Waals surface area contributed by atoms with Gasteiger partial charge in [-0.15, -0.1) is 0 Å². The van der Waals surface area contributed by atoms with Crippen LogP contribution in [0.1, 0.15) is 18.4 Å². The van der Waals surface area contributed by atoms with Crippen molar-refractivity contribution in [3.63, 3.8) is 0 Å². The van der Waals surface area contributed by atoms with Gasteiger partial charge in [-0.3, -0.25) is 0 Å². The number of aryl methyl sites for hydroxylation is 1. The van der Waals surface area contributed by atoms with Crippen molar-refractivity contribution in [2.24, 2.45) is 0 Å². The van der Waals surface area contributed by atoms with Gasteiger partial charge in [0.1, 0.15) is 5.75 Å². The molecule has 4 nitrogen and oxygen atoms in total. The van der Waals surface area contributed by atoms with Crippen LogP contribution in [0.5, 0.6) is 5.75 Å². The van der Waals surface area contributed by atoms with E-state index in [-0.39, 0.29) is 11.8 Å². The quantitative estimate of drug-likeness (QED) is 0.911. The molecule has 100 valence electrons. The monoisotopic (exact) mass is 269 g/mol. The number of methoxy groups -OCH3 is 1. The molecule has 1 heterocycles. The molecule has 1 N–H and O–H groups in total. The van der Waals surface area contributed by atoms with Crippen molar-refractivity contribution in [2.75, 3.05) is 23.9 Å². The summed E-state index contributed by atoms with van der Waals surface area (Å²) < 4.78 is 28.5. The molecule has 1 aliphatic heterocycles. The third-order valence-electron chi connectivity index (χ3n) is 3.18. The number of hydrogen-bond acceptors (Lipinski definition) is 4. The summed E-state index contributed by atoms with van der Waals surface area (Å²) in [5.41, 5.74) is 1.99. The van der Waals surface area contributed by atoms with Crippen LogP contribution in [0.2, 0.25) is 0 Å². The first-order valence-corrected chi connectivity index (χ1v) is 7.94. The first-order valence-electron chi connectivity index (χ1n) is 6.12. The summed E-state index contributed by atoms with van der Waals surface area (Å²) in [4.78, 5) is 0. The maximum Gasteiger partial charge on any atom is 0.152 e. The third-order valence-corrected chi connectivity index (χ3v) is 5.00. The highest BCUT2D eigenvalue weighted by molar-refractivity contribution is 7.91. The predicted molar refractivity (Wildman–Crippen MR) is 73.0 cm³/mol. The van der Waals surface area contributed by atoms with Gasteiger partial charge in [0.15, 0.2) is 9.84 Å². The minimum Gasteiger partial charge on any atom is -0.495 e. The number of sulfone groups is 1. The van der Waals surface area contributed by atoms with Gasteiger partial charge in [0, 0.05) is 6.04 Å². The molecule has 1 fully saturated rings. The fourth-order valence-corrected chi connectivity index (χ4v) is 3.91. The van der Waals surface area contributed by atoms with Crippen molar-refractivity contribution in [3.8, 4) is 5.75 Å². The van der Waals surface area contributed by atoms with Crippen molar-refractivity contribution >= 4 is 15.5 Å². The topological polar surface area (TPSA) is 55.4 Å². The summed E-state index contributed by atoms with van der Waals surface area (Å²) in [5, 5.41) is 3.28. The molecule has 1 aromatic carbocycles. The Bertz CT molecular complexity index is 525. The zero-order valence-corrected chi connectivity index (χ0v) is 11.6. The van der Waals surface area contributed by atoms with E-state index in [4.69, 9.17) is 4.74 Å². The Morgan fingerprint density at radius 3 is 2.83 bits per heavy atom. The van der Waals surface area contributed by atoms with Gasteiger partial charge in [0.05, 0.1) is 24.3 Å². The summed E-state index contributed by atoms with van der Waals surface area (Å²) in [6.45, 7) is 2.00. The van der Waals surface area contributed by atoms with Gasteiger partial charge < -0.3 is 10.1 Å². The van der Waals surface area contributed by atoms with Gasteiger partial charge in [-0.05, 0) is 37.5 Å². The van der Waals surface area contributed by atoms with Crippen LogP contribution in [0.25, 0.3) is 0 Å². The molecular weight excluding hydrogens is 250 g/mol. The number of rotatable bonds is 3. The molecule has 0 bridgehead atoms. The number of anilines is 1. The molecule has 5 heteroatoms. The van der Waals surface area contributed by atoms with E-state index in [9.17, 15) is 8.42 Å². The molecule has 0 aliphatic carbocycles. The van der Waals surface area contributed by atoms with Crippen molar-refractivity contribution in [3.05, 3.63) is 23.8 Å². The second-order valence-corrected chi connectivity index (χ2v) is 7.03. The Hall–Kier alpha value is -1.23. The number of benzene rings is 1. The fourth-order valence-electron chi connectivity index (χ4n) is 2.27. The van der Waals surface area contributed by atoms with E-state index in [0.29, 0.717) is 5.75 Å². The molecule has 0 saturated carbocycles. The van der Waals surface area contributed by atoms with E-state index < -0.39 is 9.84 Å². The molecule has 1 aromatic rings. The molecule has 18 heavy (non-hydrogen) atoms. The lowest BCUT2D eigenvalue weighted by Gasteiger charge is -2.25. The molecule has 0 radical (unpaired) electrons. The summed E-state index contributed by atoms with van der Waals surface area (Å²) in [6, 6.07) is 5.86. The van der Waals surface area contributed by atoms with Crippen LogP contribution in [0.3, 0.4) is 0 Å². The second-order valence-electron chi connectivity index (χ2n) is 4.80. The smallest absolute Gasteiger partial charge is 0.152 e. The molecule has 1 atom stereocenters. The van der Waals surface area contributed by atoms with E-state index in [1.807, 2.05) is 25.1 Å².